The van der Waals surface area contributed by atoms with E-state index in [9.17, 15) is 9.59 Å². The predicted octanol–water partition coefficient (Wildman–Crippen LogP) is 1.42. The van der Waals surface area contributed by atoms with Gasteiger partial charge in [-0.05, 0) is 0 Å². The Kier molecular flexibility index (Phi) is 11.9. The molecule has 0 spiro atoms. The number of carbonyl (C=O) groups excluding carboxylic acids is 2. The molecule has 0 aromatic rings. The normalized spacial score (nSPS) is 9.71. The lowest BCUT2D eigenvalue weighted by Gasteiger charge is -2.08. The summed E-state index contributed by atoms with van der Waals surface area (Å²) in [6.45, 7) is 12.0. The third-order valence-corrected chi connectivity index (χ3v) is 2.07. The summed E-state index contributed by atoms with van der Waals surface area (Å²) in [5, 5.41) is 0. The number of carbonyl (C=O) groups is 2. The van der Waals surface area contributed by atoms with E-state index < -0.39 is 11.9 Å². The van der Waals surface area contributed by atoms with Gasteiger partial charge in [-0.2, -0.15) is 0 Å². The van der Waals surface area contributed by atoms with E-state index >= 15 is 0 Å². The maximum Gasteiger partial charge on any atom is 0.334 e. The average Bonchev–Trinajstić information content (AvgIpc) is 2.46. The lowest BCUT2D eigenvalue weighted by molar-refractivity contribution is -0.147. The molecule has 0 saturated carbocycles. The molecule has 0 heterocycles. The van der Waals surface area contributed by atoms with Gasteiger partial charge in [0.1, 0.15) is 13.2 Å². The summed E-state index contributed by atoms with van der Waals surface area (Å²) in [6, 6.07) is 0. The van der Waals surface area contributed by atoms with Crippen LogP contribution in [0.15, 0.2) is 37.5 Å². The number of rotatable bonds is 13. The molecule has 0 radical (unpaired) electrons. The van der Waals surface area contributed by atoms with Crippen molar-refractivity contribution in [2.45, 2.75) is 6.42 Å². The Labute approximate surface area is 125 Å². The van der Waals surface area contributed by atoms with Crippen molar-refractivity contribution in [1.29, 1.82) is 0 Å². The van der Waals surface area contributed by atoms with Gasteiger partial charge in [-0.15, -0.1) is 13.2 Å². The highest BCUT2D eigenvalue weighted by molar-refractivity contribution is 5.93. The van der Waals surface area contributed by atoms with Gasteiger partial charge in [-0.3, -0.25) is 4.79 Å². The Morgan fingerprint density at radius 3 is 1.90 bits per heavy atom. The average molecular weight is 298 g/mol. The Morgan fingerprint density at radius 1 is 0.857 bits per heavy atom. The second-order valence-electron chi connectivity index (χ2n) is 3.86. The highest BCUT2D eigenvalue weighted by Crippen LogP contribution is 2.03. The molecule has 0 N–H and O–H groups in total. The van der Waals surface area contributed by atoms with Crippen molar-refractivity contribution in [1.82, 2.24) is 0 Å². The van der Waals surface area contributed by atoms with Crippen LogP contribution < -0.4 is 0 Å². The van der Waals surface area contributed by atoms with E-state index in [0.717, 1.165) is 0 Å². The number of hydrogen-bond donors (Lipinski definition) is 0. The molecule has 0 atom stereocenters. The maximum absolute atomic E-state index is 11.5. The van der Waals surface area contributed by atoms with E-state index in [0.29, 0.717) is 13.2 Å². The Hall–Kier alpha value is -1.92. The van der Waals surface area contributed by atoms with Gasteiger partial charge in [0, 0.05) is 5.57 Å². The maximum atomic E-state index is 11.5. The molecule has 0 aromatic carbocycles. The van der Waals surface area contributed by atoms with Gasteiger partial charge in [0.05, 0.1) is 32.8 Å². The minimum absolute atomic E-state index is 0.0377. The van der Waals surface area contributed by atoms with Gasteiger partial charge in [0.2, 0.25) is 0 Å². The molecule has 6 nitrogen and oxygen atoms in total. The van der Waals surface area contributed by atoms with E-state index in [-0.39, 0.29) is 38.4 Å². The van der Waals surface area contributed by atoms with Crippen molar-refractivity contribution >= 4 is 11.9 Å². The van der Waals surface area contributed by atoms with Crippen LogP contribution in [0.5, 0.6) is 0 Å². The fourth-order valence-electron chi connectivity index (χ4n) is 1.14. The second-order valence-corrected chi connectivity index (χ2v) is 3.86. The molecular weight excluding hydrogens is 276 g/mol. The summed E-state index contributed by atoms with van der Waals surface area (Å²) in [5.41, 5.74) is 0.0377. The molecular formula is C15H22O6. The third-order valence-electron chi connectivity index (χ3n) is 2.07. The summed E-state index contributed by atoms with van der Waals surface area (Å²) in [4.78, 5) is 22.9. The molecule has 21 heavy (non-hydrogen) atoms. The fraction of sp³-hybridized carbons (Fsp3) is 0.467. The van der Waals surface area contributed by atoms with Gasteiger partial charge in [0.25, 0.3) is 0 Å². The molecule has 0 unspecified atom stereocenters. The zero-order valence-corrected chi connectivity index (χ0v) is 12.2. The highest BCUT2D eigenvalue weighted by atomic mass is 16.6. The Bertz CT molecular complexity index is 361. The smallest absolute Gasteiger partial charge is 0.334 e. The van der Waals surface area contributed by atoms with Crippen LogP contribution in [0.3, 0.4) is 0 Å². The number of hydrogen-bond acceptors (Lipinski definition) is 6. The van der Waals surface area contributed by atoms with Crippen LogP contribution in [0.25, 0.3) is 0 Å². The van der Waals surface area contributed by atoms with Crippen LogP contribution in [0.4, 0.5) is 0 Å². The van der Waals surface area contributed by atoms with Crippen LogP contribution in [0, 0.1) is 0 Å². The van der Waals surface area contributed by atoms with Crippen molar-refractivity contribution < 1.29 is 28.5 Å². The summed E-state index contributed by atoms with van der Waals surface area (Å²) in [6.07, 6.45) is 2.97. The fourth-order valence-corrected chi connectivity index (χ4v) is 1.14. The standard InChI is InChI=1S/C15H22O6/c1-4-6-18-8-10-20-14(16)12-13(3)15(17)21-11-9-19-7-5-2/h4-5H,1-3,6-12H2. The molecule has 0 aliphatic rings. The van der Waals surface area contributed by atoms with Crippen LogP contribution in [0.2, 0.25) is 0 Å². The molecule has 118 valence electrons. The summed E-state index contributed by atoms with van der Waals surface area (Å²) in [5.74, 6) is -1.20. The minimum Gasteiger partial charge on any atom is -0.463 e. The first-order valence-corrected chi connectivity index (χ1v) is 6.49. The van der Waals surface area contributed by atoms with Crippen molar-refractivity contribution in [2.75, 3.05) is 39.6 Å². The molecule has 0 amide bonds. The van der Waals surface area contributed by atoms with Crippen molar-refractivity contribution in [2.24, 2.45) is 0 Å². The minimum atomic E-state index is -0.642. The Morgan fingerprint density at radius 2 is 1.38 bits per heavy atom. The number of ether oxygens (including phenoxy) is 4. The molecule has 0 aliphatic heterocycles. The first kappa shape index (κ1) is 19.1. The van der Waals surface area contributed by atoms with Gasteiger partial charge in [-0.1, -0.05) is 18.7 Å². The quantitative estimate of drug-likeness (QED) is 0.222. The first-order valence-electron chi connectivity index (χ1n) is 6.49. The van der Waals surface area contributed by atoms with E-state index in [1.54, 1.807) is 12.2 Å². The Balaban J connectivity index is 3.69. The molecule has 0 fully saturated rings. The number of esters is 2. The van der Waals surface area contributed by atoms with Crippen molar-refractivity contribution in [3.05, 3.63) is 37.5 Å². The predicted molar refractivity (Wildman–Crippen MR) is 77.7 cm³/mol. The molecule has 0 saturated heterocycles. The summed E-state index contributed by atoms with van der Waals surface area (Å²) >= 11 is 0. The second kappa shape index (κ2) is 13.1. The topological polar surface area (TPSA) is 71.1 Å². The van der Waals surface area contributed by atoms with Crippen molar-refractivity contribution in [3.63, 3.8) is 0 Å². The van der Waals surface area contributed by atoms with E-state index in [1.807, 2.05) is 0 Å². The lowest BCUT2D eigenvalue weighted by Crippen LogP contribution is -2.16. The van der Waals surface area contributed by atoms with E-state index in [4.69, 9.17) is 18.9 Å². The zero-order chi connectivity index (χ0) is 15.9. The van der Waals surface area contributed by atoms with Crippen LogP contribution in [-0.2, 0) is 28.5 Å². The molecule has 6 heteroatoms. The van der Waals surface area contributed by atoms with Gasteiger partial charge in [-0.25, -0.2) is 4.79 Å². The van der Waals surface area contributed by atoms with Gasteiger partial charge in [0.15, 0.2) is 0 Å². The van der Waals surface area contributed by atoms with Crippen LogP contribution in [0.1, 0.15) is 6.42 Å². The van der Waals surface area contributed by atoms with E-state index in [1.165, 1.54) is 0 Å². The van der Waals surface area contributed by atoms with Gasteiger partial charge >= 0.3 is 11.9 Å². The lowest BCUT2D eigenvalue weighted by atomic mass is 10.2. The third kappa shape index (κ3) is 11.6. The van der Waals surface area contributed by atoms with Gasteiger partial charge < -0.3 is 18.9 Å². The van der Waals surface area contributed by atoms with Crippen molar-refractivity contribution in [3.8, 4) is 0 Å². The first-order chi connectivity index (χ1) is 10.1. The molecule has 0 aliphatic carbocycles. The summed E-state index contributed by atoms with van der Waals surface area (Å²) < 4.78 is 19.8. The van der Waals surface area contributed by atoms with Crippen LogP contribution >= 0.6 is 0 Å². The largest absolute Gasteiger partial charge is 0.463 e. The molecule has 0 bridgehead atoms. The monoisotopic (exact) mass is 298 g/mol. The van der Waals surface area contributed by atoms with E-state index in [2.05, 4.69) is 19.7 Å². The molecule has 0 rings (SSSR count). The molecule has 0 aromatic heterocycles. The zero-order valence-electron chi connectivity index (χ0n) is 12.2. The SMILES string of the molecule is C=CCOCCOC(=O)CC(=C)C(=O)OCCOCC=C. The van der Waals surface area contributed by atoms with Crippen LogP contribution in [-0.4, -0.2) is 51.6 Å². The summed E-state index contributed by atoms with van der Waals surface area (Å²) in [7, 11) is 0. The highest BCUT2D eigenvalue weighted by Gasteiger charge is 2.14.